The quantitative estimate of drug-likeness (QED) is 0.670. The lowest BCUT2D eigenvalue weighted by atomic mass is 9.87. The molecule has 0 heterocycles. The van der Waals surface area contributed by atoms with Crippen molar-refractivity contribution in [3.05, 3.63) is 0 Å². The average Bonchev–Trinajstić information content (AvgIpc) is 2.08. The van der Waals surface area contributed by atoms with Gasteiger partial charge in [0.05, 0.1) is 12.7 Å². The van der Waals surface area contributed by atoms with Crippen molar-refractivity contribution in [2.24, 2.45) is 11.1 Å². The third-order valence-corrected chi connectivity index (χ3v) is 2.20. The second-order valence-corrected chi connectivity index (χ2v) is 6.00. The first-order valence-electron chi connectivity index (χ1n) is 6.34. The number of amides is 1. The molecule has 4 heteroatoms. The fraction of sp³-hybridized carbons (Fsp3) is 0.923. The minimum atomic E-state index is -0.0685. The van der Waals surface area contributed by atoms with Crippen molar-refractivity contribution in [2.45, 2.75) is 59.6 Å². The summed E-state index contributed by atoms with van der Waals surface area (Å²) < 4.78 is 5.33. The van der Waals surface area contributed by atoms with Crippen LogP contribution in [0.15, 0.2) is 0 Å². The van der Waals surface area contributed by atoms with Gasteiger partial charge in [-0.1, -0.05) is 20.8 Å². The van der Waals surface area contributed by atoms with Gasteiger partial charge < -0.3 is 15.8 Å². The molecule has 1 amide bonds. The maximum absolute atomic E-state index is 11.5. The summed E-state index contributed by atoms with van der Waals surface area (Å²) in [6.45, 7) is 11.4. The summed E-state index contributed by atoms with van der Waals surface area (Å²) in [5, 5.41) is 2.81. The fourth-order valence-corrected chi connectivity index (χ4v) is 1.65. The minimum absolute atomic E-state index is 0.00843. The molecule has 0 saturated heterocycles. The van der Waals surface area contributed by atoms with E-state index in [1.165, 1.54) is 0 Å². The molecule has 0 spiro atoms. The molecule has 102 valence electrons. The SMILES string of the molecule is CC(C)OCCNC(=O)CC(N)CC(C)(C)C. The Labute approximate surface area is 105 Å². The lowest BCUT2D eigenvalue weighted by Gasteiger charge is -2.22. The third-order valence-electron chi connectivity index (χ3n) is 2.20. The van der Waals surface area contributed by atoms with E-state index in [9.17, 15) is 4.79 Å². The summed E-state index contributed by atoms with van der Waals surface area (Å²) in [5.41, 5.74) is 6.09. The van der Waals surface area contributed by atoms with Crippen LogP contribution in [0.4, 0.5) is 0 Å². The molecule has 4 nitrogen and oxygen atoms in total. The largest absolute Gasteiger partial charge is 0.377 e. The first-order valence-corrected chi connectivity index (χ1v) is 6.34. The molecule has 0 aliphatic heterocycles. The van der Waals surface area contributed by atoms with Gasteiger partial charge in [0.1, 0.15) is 0 Å². The molecule has 0 aliphatic rings. The fourth-order valence-electron chi connectivity index (χ4n) is 1.65. The number of carbonyl (C=O) groups is 1. The number of hydrogen-bond acceptors (Lipinski definition) is 3. The Morgan fingerprint density at radius 3 is 2.41 bits per heavy atom. The van der Waals surface area contributed by atoms with Gasteiger partial charge in [-0.3, -0.25) is 4.79 Å². The smallest absolute Gasteiger partial charge is 0.221 e. The van der Waals surface area contributed by atoms with E-state index in [0.717, 1.165) is 6.42 Å². The summed E-state index contributed by atoms with van der Waals surface area (Å²) in [5.74, 6) is 0.00843. The number of ether oxygens (including phenoxy) is 1. The average molecular weight is 244 g/mol. The molecule has 3 N–H and O–H groups in total. The van der Waals surface area contributed by atoms with Crippen LogP contribution >= 0.6 is 0 Å². The number of carbonyl (C=O) groups excluding carboxylic acids is 1. The zero-order valence-corrected chi connectivity index (χ0v) is 11.9. The van der Waals surface area contributed by atoms with Crippen molar-refractivity contribution in [1.82, 2.24) is 5.32 Å². The van der Waals surface area contributed by atoms with Gasteiger partial charge >= 0.3 is 0 Å². The van der Waals surface area contributed by atoms with E-state index in [1.54, 1.807) is 0 Å². The van der Waals surface area contributed by atoms with E-state index in [1.807, 2.05) is 13.8 Å². The highest BCUT2D eigenvalue weighted by atomic mass is 16.5. The summed E-state index contributed by atoms with van der Waals surface area (Å²) in [6.07, 6.45) is 1.44. The molecule has 0 fully saturated rings. The molecule has 1 atom stereocenters. The van der Waals surface area contributed by atoms with Crippen LogP contribution in [0.1, 0.15) is 47.5 Å². The number of nitrogens with one attached hydrogen (secondary N) is 1. The van der Waals surface area contributed by atoms with Gasteiger partial charge in [0, 0.05) is 19.0 Å². The van der Waals surface area contributed by atoms with Gasteiger partial charge in [0.2, 0.25) is 5.91 Å². The maximum Gasteiger partial charge on any atom is 0.221 e. The van der Waals surface area contributed by atoms with E-state index in [0.29, 0.717) is 19.6 Å². The van der Waals surface area contributed by atoms with Gasteiger partial charge in [-0.05, 0) is 25.7 Å². The molecular weight excluding hydrogens is 216 g/mol. The normalized spacial score (nSPS) is 13.8. The van der Waals surface area contributed by atoms with Crippen LogP contribution in [0.5, 0.6) is 0 Å². The van der Waals surface area contributed by atoms with Crippen LogP contribution in [0.2, 0.25) is 0 Å². The molecule has 0 rings (SSSR count). The molecule has 0 radical (unpaired) electrons. The molecule has 0 aromatic carbocycles. The Morgan fingerprint density at radius 1 is 1.35 bits per heavy atom. The molecule has 0 bridgehead atoms. The first-order chi connectivity index (χ1) is 7.70. The third kappa shape index (κ3) is 11.6. The lowest BCUT2D eigenvalue weighted by Crippen LogP contribution is -2.35. The van der Waals surface area contributed by atoms with Crippen LogP contribution in [-0.4, -0.2) is 31.2 Å². The molecule has 0 aliphatic carbocycles. The van der Waals surface area contributed by atoms with E-state index in [2.05, 4.69) is 26.1 Å². The lowest BCUT2D eigenvalue weighted by molar-refractivity contribution is -0.121. The van der Waals surface area contributed by atoms with E-state index in [-0.39, 0.29) is 23.5 Å². The predicted octanol–water partition coefficient (Wildman–Crippen LogP) is 1.68. The highest BCUT2D eigenvalue weighted by Gasteiger charge is 2.17. The van der Waals surface area contributed by atoms with Gasteiger partial charge in [-0.2, -0.15) is 0 Å². The van der Waals surface area contributed by atoms with Gasteiger partial charge in [-0.25, -0.2) is 0 Å². The first kappa shape index (κ1) is 16.4. The molecule has 0 aromatic rings. The van der Waals surface area contributed by atoms with Crippen LogP contribution in [0, 0.1) is 5.41 Å². The molecule has 0 aromatic heterocycles. The van der Waals surface area contributed by atoms with Crippen molar-refractivity contribution in [1.29, 1.82) is 0 Å². The van der Waals surface area contributed by atoms with Gasteiger partial charge in [-0.15, -0.1) is 0 Å². The Bertz CT molecular complexity index is 222. The minimum Gasteiger partial charge on any atom is -0.377 e. The van der Waals surface area contributed by atoms with E-state index in [4.69, 9.17) is 10.5 Å². The van der Waals surface area contributed by atoms with Gasteiger partial charge in [0.15, 0.2) is 0 Å². The second kappa shape index (κ2) is 7.67. The summed E-state index contributed by atoms with van der Waals surface area (Å²) in [7, 11) is 0. The van der Waals surface area contributed by atoms with Crippen LogP contribution in [0.25, 0.3) is 0 Å². The summed E-state index contributed by atoms with van der Waals surface area (Å²) in [6, 6.07) is -0.0685. The highest BCUT2D eigenvalue weighted by molar-refractivity contribution is 5.76. The highest BCUT2D eigenvalue weighted by Crippen LogP contribution is 2.20. The van der Waals surface area contributed by atoms with Crippen LogP contribution in [-0.2, 0) is 9.53 Å². The number of nitrogens with two attached hydrogens (primary N) is 1. The van der Waals surface area contributed by atoms with E-state index >= 15 is 0 Å². The van der Waals surface area contributed by atoms with Gasteiger partial charge in [0.25, 0.3) is 0 Å². The topological polar surface area (TPSA) is 64.3 Å². The summed E-state index contributed by atoms with van der Waals surface area (Å²) >= 11 is 0. The monoisotopic (exact) mass is 244 g/mol. The standard InChI is InChI=1S/C13H28N2O2/c1-10(2)17-7-6-15-12(16)8-11(14)9-13(3,4)5/h10-11H,6-9,14H2,1-5H3,(H,15,16). The van der Waals surface area contributed by atoms with Crippen molar-refractivity contribution >= 4 is 5.91 Å². The number of hydrogen-bond donors (Lipinski definition) is 2. The Balaban J connectivity index is 3.65. The molecular formula is C13H28N2O2. The predicted molar refractivity (Wildman–Crippen MR) is 70.8 cm³/mol. The Hall–Kier alpha value is -0.610. The van der Waals surface area contributed by atoms with Crippen molar-refractivity contribution in [3.8, 4) is 0 Å². The second-order valence-electron chi connectivity index (χ2n) is 6.00. The van der Waals surface area contributed by atoms with Crippen molar-refractivity contribution in [3.63, 3.8) is 0 Å². The Morgan fingerprint density at radius 2 is 1.94 bits per heavy atom. The van der Waals surface area contributed by atoms with Crippen molar-refractivity contribution in [2.75, 3.05) is 13.2 Å². The molecule has 0 saturated carbocycles. The zero-order valence-electron chi connectivity index (χ0n) is 11.9. The zero-order chi connectivity index (χ0) is 13.5. The maximum atomic E-state index is 11.5. The van der Waals surface area contributed by atoms with Crippen LogP contribution in [0.3, 0.4) is 0 Å². The Kier molecular flexibility index (Phi) is 7.39. The summed E-state index contributed by atoms with van der Waals surface area (Å²) in [4.78, 5) is 11.5. The van der Waals surface area contributed by atoms with Crippen LogP contribution < -0.4 is 11.1 Å². The molecule has 1 unspecified atom stereocenters. The number of rotatable bonds is 7. The molecule has 17 heavy (non-hydrogen) atoms. The van der Waals surface area contributed by atoms with Crippen molar-refractivity contribution < 1.29 is 9.53 Å². The van der Waals surface area contributed by atoms with E-state index < -0.39 is 0 Å².